The Morgan fingerprint density at radius 3 is 2.35 bits per heavy atom. The van der Waals surface area contributed by atoms with Crippen LogP contribution in [-0.4, -0.2) is 23.8 Å². The van der Waals surface area contributed by atoms with Crippen LogP contribution in [0.2, 0.25) is 0 Å². The van der Waals surface area contributed by atoms with E-state index in [0.717, 1.165) is 5.56 Å². The van der Waals surface area contributed by atoms with Crippen molar-refractivity contribution < 1.29 is 13.7 Å². The van der Waals surface area contributed by atoms with Gasteiger partial charge in [0.25, 0.3) is 0 Å². The van der Waals surface area contributed by atoms with Crippen LogP contribution in [0.4, 0.5) is 0 Å². The van der Waals surface area contributed by atoms with Crippen LogP contribution in [0.3, 0.4) is 0 Å². The molecular formula is C16H18O3S. The lowest BCUT2D eigenvalue weighted by Gasteiger charge is -2.16. The quantitative estimate of drug-likeness (QED) is 0.696. The van der Waals surface area contributed by atoms with Gasteiger partial charge in [0.1, 0.15) is 7.73 Å². The van der Waals surface area contributed by atoms with Crippen LogP contribution in [0, 0.1) is 0 Å². The van der Waals surface area contributed by atoms with Crippen molar-refractivity contribution in [3.05, 3.63) is 65.7 Å². The van der Waals surface area contributed by atoms with Crippen molar-refractivity contribution in [3.8, 4) is 0 Å². The molecule has 2 aromatic carbocycles. The minimum Gasteiger partial charge on any atom is -0.457 e. The Morgan fingerprint density at radius 2 is 1.70 bits per heavy atom. The van der Waals surface area contributed by atoms with Gasteiger partial charge >= 0.3 is 5.97 Å². The maximum atomic E-state index is 12.4. The Hall–Kier alpha value is -1.94. The van der Waals surface area contributed by atoms with Crippen molar-refractivity contribution in [3.63, 3.8) is 0 Å². The number of ether oxygens (including phenoxy) is 1. The Bertz CT molecular complexity index is 708. The molecule has 0 bridgehead atoms. The minimum atomic E-state index is -3.76. The number of rotatable bonds is 4. The van der Waals surface area contributed by atoms with Gasteiger partial charge in [-0.2, -0.15) is 0 Å². The molecule has 20 heavy (non-hydrogen) atoms. The van der Waals surface area contributed by atoms with Gasteiger partial charge in [-0.1, -0.05) is 52.3 Å². The smallest absolute Gasteiger partial charge is 0.339 e. The van der Waals surface area contributed by atoms with Crippen molar-refractivity contribution in [2.45, 2.75) is 11.5 Å². The van der Waals surface area contributed by atoms with Gasteiger partial charge in [-0.3, -0.25) is 4.21 Å². The van der Waals surface area contributed by atoms with E-state index in [4.69, 9.17) is 5.86 Å². The van der Waals surface area contributed by atoms with Crippen molar-refractivity contribution in [1.82, 2.24) is 0 Å². The largest absolute Gasteiger partial charge is 0.457 e. The van der Waals surface area contributed by atoms with Gasteiger partial charge < -0.3 is 4.74 Å². The molecule has 3 nitrogen and oxygen atoms in total. The minimum absolute atomic E-state index is 0.145. The van der Waals surface area contributed by atoms with Crippen molar-refractivity contribution in [1.29, 1.82) is 1.12 Å². The number of benzene rings is 2. The fourth-order valence-electron chi connectivity index (χ4n) is 1.86. The summed E-state index contributed by atoms with van der Waals surface area (Å²) in [6.45, 7) is 0.145. The summed E-state index contributed by atoms with van der Waals surface area (Å²) in [5.74, 6) is -0.566. The Balaban J connectivity index is 2.23. The molecule has 0 aliphatic heterocycles. The van der Waals surface area contributed by atoms with Crippen LogP contribution in [0.25, 0.3) is 0 Å². The van der Waals surface area contributed by atoms with Gasteiger partial charge in [-0.25, -0.2) is 4.79 Å². The van der Waals surface area contributed by atoms with Crippen LogP contribution in [0.15, 0.2) is 59.5 Å². The molecule has 0 aliphatic rings. The third-order valence-electron chi connectivity index (χ3n) is 2.85. The summed E-state index contributed by atoms with van der Waals surface area (Å²) in [6, 6.07) is 15.7. The molecule has 4 heteroatoms. The first-order valence-electron chi connectivity index (χ1n) is 6.63. The lowest BCUT2D eigenvalue weighted by molar-refractivity contribution is 0.0468. The second-order valence-corrected chi connectivity index (χ2v) is 7.70. The fourth-order valence-corrected chi connectivity index (χ4v) is 2.95. The molecular weight excluding hydrogens is 272 g/mol. The summed E-state index contributed by atoms with van der Waals surface area (Å²) in [4.78, 5) is 12.4. The van der Waals surface area contributed by atoms with E-state index in [0.29, 0.717) is 0 Å². The zero-order chi connectivity index (χ0) is 15.5. The molecule has 0 heterocycles. The van der Waals surface area contributed by atoms with E-state index in [-0.39, 0.29) is 17.1 Å². The van der Waals surface area contributed by atoms with E-state index in [9.17, 15) is 9.00 Å². The number of carbonyl (C=O) groups excluding carboxylic acids is 1. The first kappa shape index (κ1) is 13.1. The summed E-state index contributed by atoms with van der Waals surface area (Å²) in [5, 5.41) is 0. The summed E-state index contributed by atoms with van der Waals surface area (Å²) in [6.07, 6.45) is 2.67. The number of esters is 1. The van der Waals surface area contributed by atoms with E-state index in [1.54, 1.807) is 18.2 Å². The topological polar surface area (TPSA) is 43.4 Å². The maximum absolute atomic E-state index is 12.4. The van der Waals surface area contributed by atoms with Gasteiger partial charge in [0, 0.05) is 4.90 Å². The first-order chi connectivity index (χ1) is 9.74. The third-order valence-corrected chi connectivity index (χ3v) is 4.26. The van der Waals surface area contributed by atoms with Crippen molar-refractivity contribution >= 4 is 15.8 Å². The highest BCUT2D eigenvalue weighted by molar-refractivity contribution is 8.01. The molecule has 0 aromatic heterocycles. The molecule has 0 saturated heterocycles. The summed E-state index contributed by atoms with van der Waals surface area (Å²) in [5.41, 5.74) is 1.06. The molecule has 2 aromatic rings. The summed E-state index contributed by atoms with van der Waals surface area (Å²) >= 11 is 0. The predicted molar refractivity (Wildman–Crippen MR) is 81.7 cm³/mol. The standard InChI is InChI=1S/C16H18O3S/c1-20(2,18)15-11-7-6-10-14(15)16(17)19-12-13-8-4-3-5-9-13/h3-11,20H,12H2,1-2H3/i20D. The van der Waals surface area contributed by atoms with E-state index in [1.165, 1.54) is 18.6 Å². The average molecular weight is 291 g/mol. The number of carbonyl (C=O) groups is 1. The third kappa shape index (κ3) is 3.54. The Labute approximate surface area is 121 Å². The molecule has 106 valence electrons. The molecule has 0 N–H and O–H groups in total. The normalized spacial score (nSPS) is 13.9. The van der Waals surface area contributed by atoms with E-state index < -0.39 is 15.8 Å². The van der Waals surface area contributed by atoms with Crippen molar-refractivity contribution in [2.75, 3.05) is 12.5 Å². The van der Waals surface area contributed by atoms with E-state index >= 15 is 0 Å². The van der Waals surface area contributed by atoms with Crippen LogP contribution >= 0.6 is 0 Å². The molecule has 0 amide bonds. The number of thiol groups is 1. The highest BCUT2D eigenvalue weighted by Crippen LogP contribution is 2.20. The zero-order valence-electron chi connectivity index (χ0n) is 12.5. The van der Waals surface area contributed by atoms with Gasteiger partial charge in [-0.15, -0.1) is 0 Å². The maximum Gasteiger partial charge on any atom is 0.339 e. The monoisotopic (exact) mass is 291 g/mol. The number of hydrogen-bond acceptors (Lipinski definition) is 3. The number of hydrogen-bond donors (Lipinski definition) is 1. The molecule has 0 saturated carbocycles. The second-order valence-electron chi connectivity index (χ2n) is 4.79. The molecule has 0 atom stereocenters. The van der Waals surface area contributed by atoms with Gasteiger partial charge in [0.05, 0.1) is 5.56 Å². The molecule has 0 spiro atoms. The highest BCUT2D eigenvalue weighted by Gasteiger charge is 2.17. The molecule has 0 unspecified atom stereocenters. The van der Waals surface area contributed by atoms with Crippen LogP contribution in [0.5, 0.6) is 0 Å². The van der Waals surface area contributed by atoms with Crippen LogP contribution in [-0.2, 0) is 21.2 Å². The van der Waals surface area contributed by atoms with Gasteiger partial charge in [-0.05, 0) is 30.2 Å². The van der Waals surface area contributed by atoms with Crippen molar-refractivity contribution in [2.24, 2.45) is 0 Å². The zero-order valence-corrected chi connectivity index (χ0v) is 12.4. The Morgan fingerprint density at radius 1 is 1.10 bits per heavy atom. The summed E-state index contributed by atoms with van der Waals surface area (Å²) < 4.78 is 25.7. The Kier molecular flexibility index (Phi) is 3.92. The highest BCUT2D eigenvalue weighted by atomic mass is 32.2. The molecule has 0 fully saturated rings. The van der Waals surface area contributed by atoms with E-state index in [2.05, 4.69) is 0 Å². The lowest BCUT2D eigenvalue weighted by Crippen LogP contribution is -2.15. The average Bonchev–Trinajstić information content (AvgIpc) is 2.44. The van der Waals surface area contributed by atoms with Crippen LogP contribution in [0.1, 0.15) is 15.9 Å². The molecule has 0 radical (unpaired) electrons. The lowest BCUT2D eigenvalue weighted by atomic mass is 10.2. The molecule has 0 aliphatic carbocycles. The van der Waals surface area contributed by atoms with E-state index in [1.807, 2.05) is 30.3 Å². The van der Waals surface area contributed by atoms with Gasteiger partial charge in [0.2, 0.25) is 0 Å². The fraction of sp³-hybridized carbons (Fsp3) is 0.188. The molecule has 2 rings (SSSR count). The van der Waals surface area contributed by atoms with Crippen LogP contribution < -0.4 is 0 Å². The van der Waals surface area contributed by atoms with Gasteiger partial charge in [0.15, 0.2) is 0 Å². The summed E-state index contributed by atoms with van der Waals surface area (Å²) in [7, 11) is -3.76. The SMILES string of the molecule is [2H]S(C)(C)(=O)c1ccccc1C(=O)OCc1ccccc1. The second kappa shape index (κ2) is 6.01. The predicted octanol–water partition coefficient (Wildman–Crippen LogP) is 2.68. The first-order valence-corrected chi connectivity index (χ1v) is 8.60.